The monoisotopic (exact) mass is 424 g/mol. The maximum atomic E-state index is 12.8. The molecule has 0 unspecified atom stereocenters. The van der Waals surface area contributed by atoms with E-state index in [9.17, 15) is 9.90 Å². The van der Waals surface area contributed by atoms with E-state index < -0.39 is 0 Å². The molecule has 2 nitrogen and oxygen atoms in total. The largest absolute Gasteiger partial charge is 0.389 e. The highest BCUT2D eigenvalue weighted by atomic mass is 16.3. The van der Waals surface area contributed by atoms with Crippen molar-refractivity contribution in [3.8, 4) is 0 Å². The standard InChI is InChI=1S/C29H44O2/c1-18(2)7-6-8-19(3)20-9-10-21-26-22(11-13-27(20,21)4)28(5)14-12-25(31)29(15-16-29)24(28)17-23(26)30/h7,17,19-23,26,30H,6,8-16H2,1-5H3/t19-,20-,21+,22+,23-,26+,27-,28-/m1/s1. The van der Waals surface area contributed by atoms with Crippen LogP contribution >= 0.6 is 0 Å². The first-order chi connectivity index (χ1) is 14.6. The number of carbonyl (C=O) groups excluding carboxylic acids is 1. The summed E-state index contributed by atoms with van der Waals surface area (Å²) in [5.41, 5.74) is 3.14. The van der Waals surface area contributed by atoms with Crippen LogP contribution in [0.15, 0.2) is 23.3 Å². The zero-order valence-electron chi connectivity index (χ0n) is 20.5. The Labute approximate surface area is 190 Å². The Morgan fingerprint density at radius 3 is 2.55 bits per heavy atom. The molecule has 4 saturated carbocycles. The van der Waals surface area contributed by atoms with Gasteiger partial charge in [0.1, 0.15) is 5.78 Å². The van der Waals surface area contributed by atoms with Gasteiger partial charge in [0.15, 0.2) is 0 Å². The third-order valence-corrected chi connectivity index (χ3v) is 11.1. The zero-order valence-corrected chi connectivity index (χ0v) is 20.5. The molecular weight excluding hydrogens is 380 g/mol. The highest BCUT2D eigenvalue weighted by molar-refractivity contribution is 5.92. The van der Waals surface area contributed by atoms with E-state index in [4.69, 9.17) is 0 Å². The normalized spacial score (nSPS) is 45.9. The Morgan fingerprint density at radius 1 is 1.13 bits per heavy atom. The highest BCUT2D eigenvalue weighted by Crippen LogP contribution is 2.72. The number of rotatable bonds is 4. The van der Waals surface area contributed by atoms with Crippen LogP contribution in [0.3, 0.4) is 0 Å². The Bertz CT molecular complexity index is 813. The number of fused-ring (bicyclic) bond motifs is 6. The minimum absolute atomic E-state index is 0.142. The average Bonchev–Trinajstić information content (AvgIpc) is 3.42. The van der Waals surface area contributed by atoms with Crippen molar-refractivity contribution in [3.05, 3.63) is 23.3 Å². The fourth-order valence-corrected chi connectivity index (χ4v) is 9.36. The van der Waals surface area contributed by atoms with E-state index in [1.54, 1.807) is 0 Å². The van der Waals surface area contributed by atoms with E-state index >= 15 is 0 Å². The van der Waals surface area contributed by atoms with Crippen molar-refractivity contribution in [2.45, 2.75) is 105 Å². The molecule has 31 heavy (non-hydrogen) atoms. The number of aliphatic hydroxyl groups is 1. The molecule has 4 fully saturated rings. The molecular formula is C29H44O2. The molecule has 0 aromatic carbocycles. The number of ketones is 1. The first-order valence-electron chi connectivity index (χ1n) is 13.2. The molecule has 5 rings (SSSR count). The molecule has 172 valence electrons. The number of hydrogen-bond acceptors (Lipinski definition) is 2. The topological polar surface area (TPSA) is 37.3 Å². The maximum absolute atomic E-state index is 12.8. The van der Waals surface area contributed by atoms with Gasteiger partial charge in [-0.15, -0.1) is 0 Å². The van der Waals surface area contributed by atoms with Crippen molar-refractivity contribution < 1.29 is 9.90 Å². The van der Waals surface area contributed by atoms with Crippen LogP contribution in [0, 0.1) is 45.8 Å². The van der Waals surface area contributed by atoms with Crippen molar-refractivity contribution in [2.75, 3.05) is 0 Å². The molecule has 1 N–H and O–H groups in total. The number of carbonyl (C=O) groups is 1. The Morgan fingerprint density at radius 2 is 1.87 bits per heavy atom. The number of hydrogen-bond donors (Lipinski definition) is 1. The fourth-order valence-electron chi connectivity index (χ4n) is 9.36. The summed E-state index contributed by atoms with van der Waals surface area (Å²) in [5.74, 6) is 3.61. The Balaban J connectivity index is 1.42. The molecule has 5 aliphatic rings. The first-order valence-corrected chi connectivity index (χ1v) is 13.2. The molecule has 0 aromatic heterocycles. The predicted molar refractivity (Wildman–Crippen MR) is 126 cm³/mol. The Hall–Kier alpha value is -0.890. The minimum Gasteiger partial charge on any atom is -0.389 e. The molecule has 0 aromatic rings. The van der Waals surface area contributed by atoms with E-state index in [2.05, 4.69) is 46.8 Å². The summed E-state index contributed by atoms with van der Waals surface area (Å²) in [5, 5.41) is 11.5. The first kappa shape index (κ1) is 21.9. The van der Waals surface area contributed by atoms with Gasteiger partial charge in [-0.05, 0) is 112 Å². The smallest absolute Gasteiger partial charge is 0.143 e. The minimum atomic E-state index is -0.346. The summed E-state index contributed by atoms with van der Waals surface area (Å²) in [6.07, 6.45) is 15.8. The molecule has 1 spiro atoms. The van der Waals surface area contributed by atoms with Crippen LogP contribution in [0.2, 0.25) is 0 Å². The SMILES string of the molecule is CC(C)=CCC[C@@H](C)[C@H]1CC[C@H]2[C@@H]3[C@H](O)C=C4C5(CC5)C(=O)CC[C@]4(C)[C@H]3CC[C@]12C. The van der Waals surface area contributed by atoms with Crippen LogP contribution in [-0.2, 0) is 4.79 Å². The molecule has 0 bridgehead atoms. The molecule has 8 atom stereocenters. The molecule has 0 amide bonds. The summed E-state index contributed by atoms with van der Waals surface area (Å²) >= 11 is 0. The van der Waals surface area contributed by atoms with Crippen LogP contribution in [0.5, 0.6) is 0 Å². The quantitative estimate of drug-likeness (QED) is 0.500. The van der Waals surface area contributed by atoms with Gasteiger partial charge in [0.25, 0.3) is 0 Å². The van der Waals surface area contributed by atoms with Gasteiger partial charge in [-0.1, -0.05) is 44.1 Å². The summed E-state index contributed by atoms with van der Waals surface area (Å²) in [6.45, 7) is 11.9. The summed E-state index contributed by atoms with van der Waals surface area (Å²) in [7, 11) is 0. The van der Waals surface area contributed by atoms with Crippen molar-refractivity contribution in [2.24, 2.45) is 45.8 Å². The van der Waals surface area contributed by atoms with E-state index in [0.717, 1.165) is 37.5 Å². The summed E-state index contributed by atoms with van der Waals surface area (Å²) in [4.78, 5) is 12.8. The molecule has 0 radical (unpaired) electrons. The maximum Gasteiger partial charge on any atom is 0.143 e. The van der Waals surface area contributed by atoms with Crippen LogP contribution in [0.1, 0.15) is 98.8 Å². The van der Waals surface area contributed by atoms with Gasteiger partial charge in [0.2, 0.25) is 0 Å². The lowest BCUT2D eigenvalue weighted by Gasteiger charge is -2.60. The van der Waals surface area contributed by atoms with E-state index in [-0.39, 0.29) is 16.9 Å². The number of allylic oxidation sites excluding steroid dienone is 3. The fraction of sp³-hybridized carbons (Fsp3) is 0.828. The third kappa shape index (κ3) is 3.10. The lowest BCUT2D eigenvalue weighted by atomic mass is 9.45. The Kier molecular flexibility index (Phi) is 5.17. The van der Waals surface area contributed by atoms with Gasteiger partial charge in [-0.2, -0.15) is 0 Å². The van der Waals surface area contributed by atoms with Crippen LogP contribution in [0.25, 0.3) is 0 Å². The van der Waals surface area contributed by atoms with Gasteiger partial charge in [0, 0.05) is 6.42 Å². The lowest BCUT2D eigenvalue weighted by Crippen LogP contribution is -2.56. The van der Waals surface area contributed by atoms with Crippen molar-refractivity contribution in [1.82, 2.24) is 0 Å². The molecule has 0 heterocycles. The summed E-state index contributed by atoms with van der Waals surface area (Å²) in [6, 6.07) is 0. The van der Waals surface area contributed by atoms with Crippen LogP contribution in [-0.4, -0.2) is 17.0 Å². The molecule has 5 aliphatic carbocycles. The second-order valence-electron chi connectivity index (χ2n) is 12.8. The second kappa shape index (κ2) is 7.31. The lowest BCUT2D eigenvalue weighted by molar-refractivity contribution is -0.131. The van der Waals surface area contributed by atoms with E-state index in [1.165, 1.54) is 49.7 Å². The average molecular weight is 425 g/mol. The number of Topliss-reactive ketones (excluding diaryl/α,β-unsaturated/α-hetero) is 1. The zero-order chi connectivity index (χ0) is 22.2. The van der Waals surface area contributed by atoms with Crippen molar-refractivity contribution in [3.63, 3.8) is 0 Å². The van der Waals surface area contributed by atoms with Crippen LogP contribution in [0.4, 0.5) is 0 Å². The van der Waals surface area contributed by atoms with Gasteiger partial charge in [0.05, 0.1) is 11.5 Å². The van der Waals surface area contributed by atoms with Gasteiger partial charge >= 0.3 is 0 Å². The number of aliphatic hydroxyl groups excluding tert-OH is 1. The summed E-state index contributed by atoms with van der Waals surface area (Å²) < 4.78 is 0. The predicted octanol–water partition coefficient (Wildman–Crippen LogP) is 6.88. The second-order valence-corrected chi connectivity index (χ2v) is 12.8. The van der Waals surface area contributed by atoms with Gasteiger partial charge in [-0.3, -0.25) is 4.79 Å². The van der Waals surface area contributed by atoms with Crippen LogP contribution < -0.4 is 0 Å². The molecule has 0 saturated heterocycles. The third-order valence-electron chi connectivity index (χ3n) is 11.1. The van der Waals surface area contributed by atoms with Crippen molar-refractivity contribution >= 4 is 5.78 Å². The van der Waals surface area contributed by atoms with Gasteiger partial charge in [-0.25, -0.2) is 0 Å². The van der Waals surface area contributed by atoms with E-state index in [1.807, 2.05) is 0 Å². The van der Waals surface area contributed by atoms with Gasteiger partial charge < -0.3 is 5.11 Å². The molecule has 0 aliphatic heterocycles. The van der Waals surface area contributed by atoms with Crippen molar-refractivity contribution in [1.29, 1.82) is 0 Å². The highest BCUT2D eigenvalue weighted by Gasteiger charge is 2.66. The van der Waals surface area contributed by atoms with E-state index in [0.29, 0.717) is 29.0 Å². The molecule has 2 heteroatoms.